The molecule has 0 radical (unpaired) electrons. The standard InChI is InChI=1S/C17H17ClN2O/c18-14-9-4-10-15(19)16(14)20-17(21)13-8-3-6-11-5-1-2-7-12(11)13/h1-2,4-5,7,9-10,13H,3,6,8,19H2,(H,20,21). The number of aryl methyl sites for hydroxylation is 1. The lowest BCUT2D eigenvalue weighted by atomic mass is 9.82. The smallest absolute Gasteiger partial charge is 0.232 e. The van der Waals surface area contributed by atoms with Crippen LogP contribution < -0.4 is 11.1 Å². The summed E-state index contributed by atoms with van der Waals surface area (Å²) in [5.41, 5.74) is 9.27. The number of halogens is 1. The largest absolute Gasteiger partial charge is 0.397 e. The van der Waals surface area contributed by atoms with Crippen molar-refractivity contribution in [1.29, 1.82) is 0 Å². The number of para-hydroxylation sites is 1. The maximum absolute atomic E-state index is 12.6. The van der Waals surface area contributed by atoms with Gasteiger partial charge in [0.05, 0.1) is 22.3 Å². The Morgan fingerprint density at radius 3 is 2.81 bits per heavy atom. The SMILES string of the molecule is Nc1cccc(Cl)c1NC(=O)C1CCCc2ccccc21. The van der Waals surface area contributed by atoms with E-state index in [1.807, 2.05) is 18.2 Å². The minimum atomic E-state index is -0.134. The molecule has 1 unspecified atom stereocenters. The minimum absolute atomic E-state index is 0.0399. The molecule has 21 heavy (non-hydrogen) atoms. The minimum Gasteiger partial charge on any atom is -0.397 e. The van der Waals surface area contributed by atoms with Crippen LogP contribution in [0, 0.1) is 0 Å². The molecule has 0 saturated heterocycles. The zero-order chi connectivity index (χ0) is 14.8. The second-order valence-electron chi connectivity index (χ2n) is 5.34. The number of hydrogen-bond acceptors (Lipinski definition) is 2. The Morgan fingerprint density at radius 2 is 2.00 bits per heavy atom. The quantitative estimate of drug-likeness (QED) is 0.824. The van der Waals surface area contributed by atoms with Crippen LogP contribution in [-0.2, 0) is 11.2 Å². The zero-order valence-electron chi connectivity index (χ0n) is 11.6. The summed E-state index contributed by atoms with van der Waals surface area (Å²) in [6.07, 6.45) is 2.91. The van der Waals surface area contributed by atoms with Gasteiger partial charge in [-0.2, -0.15) is 0 Å². The fraction of sp³-hybridized carbons (Fsp3) is 0.235. The number of nitrogens with two attached hydrogens (primary N) is 1. The molecule has 0 saturated carbocycles. The number of rotatable bonds is 2. The van der Waals surface area contributed by atoms with E-state index < -0.39 is 0 Å². The number of fused-ring (bicyclic) bond motifs is 1. The number of hydrogen-bond donors (Lipinski definition) is 2. The Labute approximate surface area is 129 Å². The molecule has 1 amide bonds. The summed E-state index contributed by atoms with van der Waals surface area (Å²) in [7, 11) is 0. The Hall–Kier alpha value is -2.00. The van der Waals surface area contributed by atoms with Crippen LogP contribution in [0.2, 0.25) is 5.02 Å². The third-order valence-electron chi connectivity index (χ3n) is 3.98. The van der Waals surface area contributed by atoms with Gasteiger partial charge in [-0.1, -0.05) is 41.9 Å². The average Bonchev–Trinajstić information content (AvgIpc) is 2.50. The van der Waals surface area contributed by atoms with Crippen LogP contribution in [-0.4, -0.2) is 5.91 Å². The van der Waals surface area contributed by atoms with Gasteiger partial charge in [-0.15, -0.1) is 0 Å². The molecule has 0 fully saturated rings. The second-order valence-corrected chi connectivity index (χ2v) is 5.74. The summed E-state index contributed by atoms with van der Waals surface area (Å²) in [4.78, 5) is 12.6. The highest BCUT2D eigenvalue weighted by Crippen LogP contribution is 2.34. The van der Waals surface area contributed by atoms with Crippen molar-refractivity contribution in [1.82, 2.24) is 0 Å². The first-order valence-corrected chi connectivity index (χ1v) is 7.47. The van der Waals surface area contributed by atoms with E-state index in [0.29, 0.717) is 16.4 Å². The summed E-state index contributed by atoms with van der Waals surface area (Å²) in [5.74, 6) is -0.174. The van der Waals surface area contributed by atoms with Gasteiger partial charge < -0.3 is 11.1 Å². The van der Waals surface area contributed by atoms with Gasteiger partial charge in [0.1, 0.15) is 0 Å². The Balaban J connectivity index is 1.87. The van der Waals surface area contributed by atoms with E-state index in [0.717, 1.165) is 24.8 Å². The van der Waals surface area contributed by atoms with E-state index in [4.69, 9.17) is 17.3 Å². The first-order valence-electron chi connectivity index (χ1n) is 7.09. The molecule has 3 nitrogen and oxygen atoms in total. The van der Waals surface area contributed by atoms with Gasteiger partial charge in [0, 0.05) is 0 Å². The summed E-state index contributed by atoms with van der Waals surface area (Å²) in [6, 6.07) is 13.4. The van der Waals surface area contributed by atoms with Crippen LogP contribution in [0.3, 0.4) is 0 Å². The lowest BCUT2D eigenvalue weighted by Gasteiger charge is -2.25. The molecule has 2 aromatic rings. The summed E-state index contributed by atoms with van der Waals surface area (Å²) in [6.45, 7) is 0. The maximum atomic E-state index is 12.6. The number of anilines is 2. The first kappa shape index (κ1) is 14.0. The van der Waals surface area contributed by atoms with Crippen molar-refractivity contribution in [3.8, 4) is 0 Å². The zero-order valence-corrected chi connectivity index (χ0v) is 12.4. The van der Waals surface area contributed by atoms with Crippen molar-refractivity contribution >= 4 is 28.9 Å². The monoisotopic (exact) mass is 300 g/mol. The van der Waals surface area contributed by atoms with Crippen molar-refractivity contribution < 1.29 is 4.79 Å². The van der Waals surface area contributed by atoms with E-state index in [1.54, 1.807) is 18.2 Å². The van der Waals surface area contributed by atoms with E-state index in [1.165, 1.54) is 5.56 Å². The van der Waals surface area contributed by atoms with Crippen LogP contribution in [0.25, 0.3) is 0 Å². The predicted molar refractivity (Wildman–Crippen MR) is 86.6 cm³/mol. The highest BCUT2D eigenvalue weighted by molar-refractivity contribution is 6.34. The topological polar surface area (TPSA) is 55.1 Å². The molecule has 0 bridgehead atoms. The van der Waals surface area contributed by atoms with Crippen molar-refractivity contribution in [2.24, 2.45) is 0 Å². The second kappa shape index (κ2) is 5.78. The Kier molecular flexibility index (Phi) is 3.84. The van der Waals surface area contributed by atoms with Gasteiger partial charge in [-0.25, -0.2) is 0 Å². The van der Waals surface area contributed by atoms with Crippen molar-refractivity contribution in [2.75, 3.05) is 11.1 Å². The highest BCUT2D eigenvalue weighted by Gasteiger charge is 2.26. The fourth-order valence-corrected chi connectivity index (χ4v) is 3.14. The van der Waals surface area contributed by atoms with Gasteiger partial charge in [-0.3, -0.25) is 4.79 Å². The van der Waals surface area contributed by atoms with E-state index in [-0.39, 0.29) is 11.8 Å². The van der Waals surface area contributed by atoms with E-state index in [9.17, 15) is 4.79 Å². The summed E-state index contributed by atoms with van der Waals surface area (Å²) in [5, 5.41) is 3.36. The predicted octanol–water partition coefficient (Wildman–Crippen LogP) is 3.98. The molecule has 0 aromatic heterocycles. The lowest BCUT2D eigenvalue weighted by molar-refractivity contribution is -0.117. The van der Waals surface area contributed by atoms with Crippen molar-refractivity contribution in [2.45, 2.75) is 25.2 Å². The van der Waals surface area contributed by atoms with E-state index in [2.05, 4.69) is 11.4 Å². The van der Waals surface area contributed by atoms with Crippen LogP contribution in [0.1, 0.15) is 29.9 Å². The fourth-order valence-electron chi connectivity index (χ4n) is 2.91. The Bertz CT molecular complexity index is 664. The number of amides is 1. The molecular weight excluding hydrogens is 284 g/mol. The molecular formula is C17H17ClN2O. The van der Waals surface area contributed by atoms with Crippen LogP contribution in [0.15, 0.2) is 42.5 Å². The molecule has 3 N–H and O–H groups in total. The molecule has 1 atom stereocenters. The normalized spacial score (nSPS) is 17.1. The summed E-state index contributed by atoms with van der Waals surface area (Å²) >= 11 is 6.12. The number of carbonyl (C=O) groups excluding carboxylic acids is 1. The number of nitrogens with one attached hydrogen (secondary N) is 1. The van der Waals surface area contributed by atoms with Gasteiger partial charge in [0.25, 0.3) is 0 Å². The molecule has 3 rings (SSSR count). The number of carbonyl (C=O) groups is 1. The molecule has 0 heterocycles. The molecule has 2 aromatic carbocycles. The van der Waals surface area contributed by atoms with Gasteiger partial charge in [0.2, 0.25) is 5.91 Å². The molecule has 4 heteroatoms. The van der Waals surface area contributed by atoms with Crippen molar-refractivity contribution in [3.05, 3.63) is 58.6 Å². The molecule has 108 valence electrons. The third-order valence-corrected chi connectivity index (χ3v) is 4.29. The van der Waals surface area contributed by atoms with Crippen molar-refractivity contribution in [3.63, 3.8) is 0 Å². The lowest BCUT2D eigenvalue weighted by Crippen LogP contribution is -2.25. The van der Waals surface area contributed by atoms with Gasteiger partial charge >= 0.3 is 0 Å². The average molecular weight is 301 g/mol. The molecule has 1 aliphatic rings. The van der Waals surface area contributed by atoms with Gasteiger partial charge in [0.15, 0.2) is 0 Å². The third kappa shape index (κ3) is 2.74. The first-order chi connectivity index (χ1) is 10.2. The van der Waals surface area contributed by atoms with E-state index >= 15 is 0 Å². The van der Waals surface area contributed by atoms with Gasteiger partial charge in [-0.05, 0) is 42.5 Å². The number of benzene rings is 2. The maximum Gasteiger partial charge on any atom is 0.232 e. The van der Waals surface area contributed by atoms with Crippen LogP contribution >= 0.6 is 11.6 Å². The van der Waals surface area contributed by atoms with Crippen LogP contribution in [0.5, 0.6) is 0 Å². The summed E-state index contributed by atoms with van der Waals surface area (Å²) < 4.78 is 0. The molecule has 1 aliphatic carbocycles. The Morgan fingerprint density at radius 1 is 1.19 bits per heavy atom. The molecule has 0 aliphatic heterocycles. The number of nitrogen functional groups attached to an aromatic ring is 1. The van der Waals surface area contributed by atoms with Crippen LogP contribution in [0.4, 0.5) is 11.4 Å². The molecule has 0 spiro atoms. The highest BCUT2D eigenvalue weighted by atomic mass is 35.5.